The molecule has 1 amide bonds. The molecule has 7 rings (SSSR count). The van der Waals surface area contributed by atoms with Crippen molar-refractivity contribution in [1.29, 1.82) is 0 Å². The topological polar surface area (TPSA) is 233 Å². The van der Waals surface area contributed by atoms with Crippen LogP contribution < -0.4 is 15.4 Å². The van der Waals surface area contributed by atoms with Gasteiger partial charge in [-0.25, -0.2) is 0 Å². The fourth-order valence-electron chi connectivity index (χ4n) is 8.53. The standard InChI is InChI=1S/C42H52N2O14/c1-17-14-26(46)24-15-25(24)34(48)19(3)33(47)20(4)38(57-22(6)45)18(2)27(54-8)11-13-56-42(7)40(52)30-28-29(35(49)21(5)39(30)58-42)37(51)32(44-41(17)53)31(36(28)50)43-16-23-10-9-12-55-23/h11,13-14,18-20,23-25,27,33-34,38,43,47-49H,9-10,12,15-16H2,1-8H3,(H,44,53)/b13-11+,17-14-/t18-,19+,20-,23?,24-,25+,27+,33-,34-,38-,42+/m1/s1. The minimum Gasteiger partial charge on any atom is -0.507 e. The van der Waals surface area contributed by atoms with Gasteiger partial charge in [-0.1, -0.05) is 20.8 Å². The summed E-state index contributed by atoms with van der Waals surface area (Å²) in [6.07, 6.45) is 0.981. The second kappa shape index (κ2) is 16.4. The Morgan fingerprint density at radius 2 is 1.71 bits per heavy atom. The van der Waals surface area contributed by atoms with Crippen LogP contribution in [0.4, 0.5) is 0 Å². The number of hydrogen-bond acceptors (Lipinski definition) is 15. The third kappa shape index (κ3) is 7.70. The van der Waals surface area contributed by atoms with Crippen molar-refractivity contribution in [2.45, 2.75) is 104 Å². The van der Waals surface area contributed by atoms with Crippen LogP contribution in [0.1, 0.15) is 97.4 Å². The summed E-state index contributed by atoms with van der Waals surface area (Å²) in [7, 11) is 1.41. The van der Waals surface area contributed by atoms with Crippen molar-refractivity contribution < 1.29 is 67.8 Å². The third-order valence-corrected chi connectivity index (χ3v) is 12.2. The molecule has 4 heterocycles. The zero-order valence-corrected chi connectivity index (χ0v) is 33.9. The largest absolute Gasteiger partial charge is 0.507 e. The van der Waals surface area contributed by atoms with Gasteiger partial charge in [0.15, 0.2) is 5.78 Å². The highest BCUT2D eigenvalue weighted by atomic mass is 16.7. The first kappa shape index (κ1) is 42.7. The molecule has 4 aliphatic heterocycles. The van der Waals surface area contributed by atoms with E-state index in [1.54, 1.807) is 20.8 Å². The smallest absolute Gasteiger partial charge is 0.312 e. The second-order valence-corrected chi connectivity index (χ2v) is 16.2. The predicted molar refractivity (Wildman–Crippen MR) is 203 cm³/mol. The number of Topliss-reactive ketones (excluding diaryl/α,β-unsaturated/α-hetero) is 3. The molecule has 1 saturated carbocycles. The van der Waals surface area contributed by atoms with Gasteiger partial charge >= 0.3 is 11.8 Å². The van der Waals surface area contributed by atoms with E-state index >= 15 is 0 Å². The van der Waals surface area contributed by atoms with Gasteiger partial charge in [-0.3, -0.25) is 28.8 Å². The van der Waals surface area contributed by atoms with Gasteiger partial charge in [0.1, 0.15) is 29.0 Å². The van der Waals surface area contributed by atoms with E-state index in [0.717, 1.165) is 18.8 Å². The number of aromatic hydroxyl groups is 1. The summed E-state index contributed by atoms with van der Waals surface area (Å²) in [4.78, 5) is 82.7. The Kier molecular flexibility index (Phi) is 12.1. The number of nitrogens with one attached hydrogen (secondary N) is 2. The van der Waals surface area contributed by atoms with E-state index < -0.39 is 117 Å². The Balaban J connectivity index is 1.45. The molecule has 11 atom stereocenters. The van der Waals surface area contributed by atoms with Gasteiger partial charge < -0.3 is 49.6 Å². The Hall–Kier alpha value is -4.90. The van der Waals surface area contributed by atoms with Crippen molar-refractivity contribution in [2.24, 2.45) is 29.6 Å². The van der Waals surface area contributed by atoms with E-state index in [2.05, 4.69) is 10.6 Å². The number of esters is 1. The maximum absolute atomic E-state index is 14.6. The minimum atomic E-state index is -2.10. The molecule has 314 valence electrons. The maximum Gasteiger partial charge on any atom is 0.312 e. The van der Waals surface area contributed by atoms with Crippen molar-refractivity contribution in [3.63, 3.8) is 0 Å². The van der Waals surface area contributed by atoms with E-state index in [1.165, 1.54) is 40.9 Å². The molecule has 0 radical (unpaired) electrons. The van der Waals surface area contributed by atoms with Crippen LogP contribution in [0.15, 0.2) is 35.4 Å². The molecule has 1 aromatic carbocycles. The average Bonchev–Trinajstić information content (AvgIpc) is 3.73. The van der Waals surface area contributed by atoms with Crippen LogP contribution in [0, 0.1) is 36.5 Å². The van der Waals surface area contributed by atoms with Crippen molar-refractivity contribution in [2.75, 3.05) is 20.3 Å². The second-order valence-electron chi connectivity index (χ2n) is 16.2. The molecule has 16 heteroatoms. The number of rotatable bonds is 5. The number of aliphatic hydroxyl groups is 2. The number of allylic oxidation sites excluding steroid dienone is 3. The normalized spacial score (nSPS) is 35.7. The number of fused-ring (bicyclic) bond motifs is 12. The van der Waals surface area contributed by atoms with Gasteiger partial charge in [-0.15, -0.1) is 0 Å². The van der Waals surface area contributed by atoms with Crippen molar-refractivity contribution >= 4 is 35.0 Å². The molecule has 58 heavy (non-hydrogen) atoms. The number of carbonyl (C=O) groups is 6. The van der Waals surface area contributed by atoms with Gasteiger partial charge in [0.2, 0.25) is 11.6 Å². The van der Waals surface area contributed by atoms with Crippen LogP contribution in [0.3, 0.4) is 0 Å². The lowest BCUT2D eigenvalue weighted by Gasteiger charge is -2.37. The number of aliphatic hydroxyl groups excluding tert-OH is 2. The maximum atomic E-state index is 14.6. The van der Waals surface area contributed by atoms with E-state index in [1.807, 2.05) is 0 Å². The fraction of sp³-hybridized carbons (Fsp3) is 0.571. The van der Waals surface area contributed by atoms with Crippen LogP contribution in [0.2, 0.25) is 0 Å². The molecule has 16 nitrogen and oxygen atoms in total. The first-order chi connectivity index (χ1) is 27.3. The molecular weight excluding hydrogens is 756 g/mol. The van der Waals surface area contributed by atoms with E-state index in [-0.39, 0.29) is 47.2 Å². The lowest BCUT2D eigenvalue weighted by Crippen LogP contribution is -2.46. The average molecular weight is 809 g/mol. The van der Waals surface area contributed by atoms with Gasteiger partial charge in [0.25, 0.3) is 11.7 Å². The zero-order valence-electron chi connectivity index (χ0n) is 33.9. The lowest BCUT2D eigenvalue weighted by molar-refractivity contribution is -0.160. The van der Waals surface area contributed by atoms with Crippen LogP contribution in [-0.2, 0) is 33.3 Å². The zero-order chi connectivity index (χ0) is 42.5. The molecule has 0 spiro atoms. The number of phenolic OH excluding ortho intramolecular Hbond substituents is 1. The summed E-state index contributed by atoms with van der Waals surface area (Å²) in [5.74, 6) is -11.0. The van der Waals surface area contributed by atoms with Gasteiger partial charge in [0, 0.05) is 68.9 Å². The van der Waals surface area contributed by atoms with Crippen molar-refractivity contribution in [3.8, 4) is 11.5 Å². The Bertz CT molecular complexity index is 2010. The minimum absolute atomic E-state index is 0.0382. The van der Waals surface area contributed by atoms with E-state index in [4.69, 9.17) is 23.7 Å². The molecule has 1 saturated heterocycles. The summed E-state index contributed by atoms with van der Waals surface area (Å²) in [5.41, 5.74) is -2.26. The first-order valence-corrected chi connectivity index (χ1v) is 19.6. The van der Waals surface area contributed by atoms with Crippen molar-refractivity contribution in [3.05, 3.63) is 57.6 Å². The molecule has 1 aromatic rings. The summed E-state index contributed by atoms with van der Waals surface area (Å²) in [6.45, 7) is 10.9. The van der Waals surface area contributed by atoms with Crippen LogP contribution in [0.5, 0.6) is 11.5 Å². The summed E-state index contributed by atoms with van der Waals surface area (Å²) in [6, 6.07) is 0. The van der Waals surface area contributed by atoms with Crippen LogP contribution in [0.25, 0.3) is 0 Å². The molecule has 0 aromatic heterocycles. The van der Waals surface area contributed by atoms with Crippen LogP contribution in [-0.4, -0.2) is 107 Å². The lowest BCUT2D eigenvalue weighted by atomic mass is 9.79. The number of carbonyl (C=O) groups excluding carboxylic acids is 6. The number of hydrogen-bond donors (Lipinski definition) is 5. The molecule has 2 aliphatic carbocycles. The monoisotopic (exact) mass is 808 g/mol. The van der Waals surface area contributed by atoms with Gasteiger partial charge in [-0.05, 0) is 51.2 Å². The summed E-state index contributed by atoms with van der Waals surface area (Å²) < 4.78 is 29.1. The van der Waals surface area contributed by atoms with Gasteiger partial charge in [0.05, 0.1) is 47.4 Å². The molecule has 2 fully saturated rings. The Labute approximate surface area is 335 Å². The quantitative estimate of drug-likeness (QED) is 0.269. The number of amides is 1. The SMILES string of the molecule is CO[C@H]1/C=C/O[C@@]2(C)Oc3c(C)c(O)c4c(c3C2=O)C(=O)C(NCC2CCCO2)=C(NC(=O)/C(C)=C\C(=O)[C@@H]2C[C@@H]2[C@H](O)[C@@H](C)[C@@H](O)[C@@H](C)[C@H](OC(C)=O)[C@@H]1C)C4=O. The molecule has 5 bridgehead atoms. The fourth-order valence-corrected chi connectivity index (χ4v) is 8.53. The number of ether oxygens (including phenoxy) is 5. The molecule has 1 unspecified atom stereocenters. The molecule has 5 N–H and O–H groups in total. The summed E-state index contributed by atoms with van der Waals surface area (Å²) >= 11 is 0. The third-order valence-electron chi connectivity index (χ3n) is 12.2. The number of phenols is 1. The highest BCUT2D eigenvalue weighted by Crippen LogP contribution is 2.49. The van der Waals surface area contributed by atoms with Crippen molar-refractivity contribution in [1.82, 2.24) is 10.6 Å². The van der Waals surface area contributed by atoms with Gasteiger partial charge in [-0.2, -0.15) is 0 Å². The summed E-state index contributed by atoms with van der Waals surface area (Å²) in [5, 5.41) is 39.8. The first-order valence-electron chi connectivity index (χ1n) is 19.6. The number of benzene rings is 1. The molecule has 6 aliphatic rings. The Morgan fingerprint density at radius 1 is 1.00 bits per heavy atom. The van der Waals surface area contributed by atoms with E-state index in [9.17, 15) is 44.1 Å². The highest BCUT2D eigenvalue weighted by Gasteiger charge is 2.53. The predicted octanol–water partition coefficient (Wildman–Crippen LogP) is 2.74. The van der Waals surface area contributed by atoms with E-state index in [0.29, 0.717) is 13.0 Å². The van der Waals surface area contributed by atoms with Crippen LogP contribution >= 0.6 is 0 Å². The number of methoxy groups -OCH3 is 1. The highest BCUT2D eigenvalue weighted by molar-refractivity contribution is 6.32. The number of ketones is 4. The molecular formula is C42H52N2O14. The Morgan fingerprint density at radius 3 is 2.34 bits per heavy atom.